The fourth-order valence-electron chi connectivity index (χ4n) is 2.12. The van der Waals surface area contributed by atoms with Gasteiger partial charge in [-0.15, -0.1) is 0 Å². The number of halogens is 1. The highest BCUT2D eigenvalue weighted by molar-refractivity contribution is 5.42. The second-order valence-corrected chi connectivity index (χ2v) is 4.90. The Bertz CT molecular complexity index is 644. The summed E-state index contributed by atoms with van der Waals surface area (Å²) in [7, 11) is 0. The molecule has 0 aliphatic rings. The number of aryl methyl sites for hydroxylation is 1. The van der Waals surface area contributed by atoms with Gasteiger partial charge in [-0.1, -0.05) is 30.3 Å². The Labute approximate surface area is 122 Å². The van der Waals surface area contributed by atoms with Gasteiger partial charge in [-0.2, -0.15) is 0 Å². The molecule has 0 atom stereocenters. The summed E-state index contributed by atoms with van der Waals surface area (Å²) in [5, 5.41) is 14.0. The number of nitro groups is 1. The van der Waals surface area contributed by atoms with Crippen molar-refractivity contribution in [3.8, 4) is 0 Å². The van der Waals surface area contributed by atoms with E-state index in [9.17, 15) is 14.5 Å². The minimum absolute atomic E-state index is 0.128. The molecule has 4 nitrogen and oxygen atoms in total. The van der Waals surface area contributed by atoms with Crippen LogP contribution in [0.15, 0.2) is 42.5 Å². The third kappa shape index (κ3) is 4.10. The third-order valence-corrected chi connectivity index (χ3v) is 3.33. The zero-order valence-corrected chi connectivity index (χ0v) is 11.8. The summed E-state index contributed by atoms with van der Waals surface area (Å²) in [5.41, 5.74) is 2.29. The second kappa shape index (κ2) is 6.95. The van der Waals surface area contributed by atoms with Gasteiger partial charge in [0.05, 0.1) is 4.92 Å². The van der Waals surface area contributed by atoms with Gasteiger partial charge in [-0.25, -0.2) is 4.39 Å². The predicted octanol–water partition coefficient (Wildman–Crippen LogP) is 3.37. The molecule has 0 fully saturated rings. The van der Waals surface area contributed by atoms with Crippen LogP contribution in [0.2, 0.25) is 0 Å². The number of hydrogen-bond acceptors (Lipinski definition) is 3. The molecule has 2 aromatic rings. The molecule has 0 aliphatic heterocycles. The smallest absolute Gasteiger partial charge is 0.272 e. The average Bonchev–Trinajstić information content (AvgIpc) is 2.46. The number of hydrogen-bond donors (Lipinski definition) is 1. The van der Waals surface area contributed by atoms with Crippen LogP contribution in [0.5, 0.6) is 0 Å². The van der Waals surface area contributed by atoms with Crippen LogP contribution in [0.25, 0.3) is 0 Å². The van der Waals surface area contributed by atoms with Gasteiger partial charge in [0, 0.05) is 18.2 Å². The molecule has 0 saturated carbocycles. The molecule has 0 unspecified atom stereocenters. The van der Waals surface area contributed by atoms with Crippen LogP contribution in [0.1, 0.15) is 16.7 Å². The standard InChI is InChI=1S/C16H17FN2O2/c1-12-6-7-13(10-16(12)19(20)21)11-18-9-8-14-4-2-3-5-15(14)17/h2-7,10,18H,8-9,11H2,1H3. The van der Waals surface area contributed by atoms with E-state index in [1.165, 1.54) is 6.07 Å². The first-order valence-corrected chi connectivity index (χ1v) is 6.76. The van der Waals surface area contributed by atoms with E-state index in [0.717, 1.165) is 5.56 Å². The van der Waals surface area contributed by atoms with Crippen molar-refractivity contribution in [2.45, 2.75) is 19.9 Å². The van der Waals surface area contributed by atoms with Crippen molar-refractivity contribution in [3.05, 3.63) is 75.1 Å². The molecular weight excluding hydrogens is 271 g/mol. The molecule has 0 bridgehead atoms. The van der Waals surface area contributed by atoms with Gasteiger partial charge in [-0.3, -0.25) is 10.1 Å². The summed E-state index contributed by atoms with van der Waals surface area (Å²) >= 11 is 0. The van der Waals surface area contributed by atoms with Crippen molar-refractivity contribution < 1.29 is 9.31 Å². The van der Waals surface area contributed by atoms with Crippen LogP contribution in [-0.2, 0) is 13.0 Å². The number of nitrogens with zero attached hydrogens (tertiary/aromatic N) is 1. The lowest BCUT2D eigenvalue weighted by molar-refractivity contribution is -0.385. The molecule has 21 heavy (non-hydrogen) atoms. The maximum absolute atomic E-state index is 13.4. The molecule has 5 heteroatoms. The number of nitro benzene ring substituents is 1. The van der Waals surface area contributed by atoms with Gasteiger partial charge in [0.2, 0.25) is 0 Å². The van der Waals surface area contributed by atoms with Gasteiger partial charge in [-0.05, 0) is 37.1 Å². The summed E-state index contributed by atoms with van der Waals surface area (Å²) < 4.78 is 13.4. The van der Waals surface area contributed by atoms with E-state index in [1.54, 1.807) is 31.2 Å². The Balaban J connectivity index is 1.88. The Morgan fingerprint density at radius 3 is 2.71 bits per heavy atom. The zero-order valence-electron chi connectivity index (χ0n) is 11.8. The number of benzene rings is 2. The Morgan fingerprint density at radius 2 is 2.00 bits per heavy atom. The maximum Gasteiger partial charge on any atom is 0.272 e. The van der Waals surface area contributed by atoms with Crippen molar-refractivity contribution in [2.75, 3.05) is 6.54 Å². The summed E-state index contributed by atoms with van der Waals surface area (Å²) in [5.74, 6) is -0.203. The fraction of sp³-hybridized carbons (Fsp3) is 0.250. The van der Waals surface area contributed by atoms with Gasteiger partial charge in [0.1, 0.15) is 5.82 Å². The molecule has 0 saturated heterocycles. The largest absolute Gasteiger partial charge is 0.312 e. The first kappa shape index (κ1) is 15.1. The van der Waals surface area contributed by atoms with E-state index in [0.29, 0.717) is 30.6 Å². The highest BCUT2D eigenvalue weighted by atomic mass is 19.1. The Kier molecular flexibility index (Phi) is 5.00. The number of rotatable bonds is 6. The van der Waals surface area contributed by atoms with Crippen LogP contribution in [-0.4, -0.2) is 11.5 Å². The molecule has 2 rings (SSSR count). The second-order valence-electron chi connectivity index (χ2n) is 4.90. The maximum atomic E-state index is 13.4. The zero-order chi connectivity index (χ0) is 15.2. The first-order valence-electron chi connectivity index (χ1n) is 6.76. The van der Waals surface area contributed by atoms with E-state index >= 15 is 0 Å². The lowest BCUT2D eigenvalue weighted by Gasteiger charge is -2.07. The Hall–Kier alpha value is -2.27. The van der Waals surface area contributed by atoms with E-state index < -0.39 is 0 Å². The van der Waals surface area contributed by atoms with Crippen molar-refractivity contribution in [1.82, 2.24) is 5.32 Å². The molecule has 0 amide bonds. The molecule has 0 radical (unpaired) electrons. The van der Waals surface area contributed by atoms with Crippen molar-refractivity contribution in [2.24, 2.45) is 0 Å². The highest BCUT2D eigenvalue weighted by Gasteiger charge is 2.10. The molecule has 0 aromatic heterocycles. The van der Waals surface area contributed by atoms with Crippen LogP contribution in [0.3, 0.4) is 0 Å². The molecular formula is C16H17FN2O2. The van der Waals surface area contributed by atoms with Gasteiger partial charge in [0.15, 0.2) is 0 Å². The molecule has 0 aliphatic carbocycles. The summed E-state index contributed by atoms with van der Waals surface area (Å²) in [6.45, 7) is 2.85. The third-order valence-electron chi connectivity index (χ3n) is 3.33. The summed E-state index contributed by atoms with van der Waals surface area (Å²) in [4.78, 5) is 10.5. The van der Waals surface area contributed by atoms with Crippen molar-refractivity contribution in [3.63, 3.8) is 0 Å². The minimum atomic E-state index is -0.377. The quantitative estimate of drug-likeness (QED) is 0.503. The fourth-order valence-corrected chi connectivity index (χ4v) is 2.12. The van der Waals surface area contributed by atoms with Crippen molar-refractivity contribution in [1.29, 1.82) is 0 Å². The van der Waals surface area contributed by atoms with Crippen LogP contribution < -0.4 is 5.32 Å². The molecule has 0 heterocycles. The van der Waals surface area contributed by atoms with Crippen LogP contribution in [0.4, 0.5) is 10.1 Å². The molecule has 110 valence electrons. The van der Waals surface area contributed by atoms with E-state index in [-0.39, 0.29) is 16.4 Å². The predicted molar refractivity (Wildman–Crippen MR) is 79.6 cm³/mol. The molecule has 1 N–H and O–H groups in total. The van der Waals surface area contributed by atoms with Gasteiger partial charge >= 0.3 is 0 Å². The van der Waals surface area contributed by atoms with Gasteiger partial charge in [0.25, 0.3) is 5.69 Å². The van der Waals surface area contributed by atoms with Crippen LogP contribution in [0, 0.1) is 22.9 Å². The molecule has 0 spiro atoms. The SMILES string of the molecule is Cc1ccc(CNCCc2ccccc2F)cc1[N+](=O)[O-]. The number of nitrogens with one attached hydrogen (secondary N) is 1. The van der Waals surface area contributed by atoms with Gasteiger partial charge < -0.3 is 5.32 Å². The average molecular weight is 288 g/mol. The normalized spacial score (nSPS) is 10.6. The first-order chi connectivity index (χ1) is 10.1. The summed E-state index contributed by atoms with van der Waals surface area (Å²) in [6.07, 6.45) is 0.584. The highest BCUT2D eigenvalue weighted by Crippen LogP contribution is 2.19. The Morgan fingerprint density at radius 1 is 1.24 bits per heavy atom. The van der Waals surface area contributed by atoms with Crippen LogP contribution >= 0.6 is 0 Å². The van der Waals surface area contributed by atoms with Crippen molar-refractivity contribution >= 4 is 5.69 Å². The topological polar surface area (TPSA) is 55.2 Å². The lowest BCUT2D eigenvalue weighted by Crippen LogP contribution is -2.17. The van der Waals surface area contributed by atoms with E-state index in [1.807, 2.05) is 12.1 Å². The monoisotopic (exact) mass is 288 g/mol. The molecule has 2 aromatic carbocycles. The lowest BCUT2D eigenvalue weighted by atomic mass is 10.1. The summed E-state index contributed by atoms with van der Waals surface area (Å²) in [6, 6.07) is 11.8. The minimum Gasteiger partial charge on any atom is -0.312 e. The van der Waals surface area contributed by atoms with E-state index in [2.05, 4.69) is 5.32 Å². The van der Waals surface area contributed by atoms with E-state index in [4.69, 9.17) is 0 Å².